The molecule has 0 aliphatic heterocycles. The fourth-order valence-electron chi connectivity index (χ4n) is 1.69. The van der Waals surface area contributed by atoms with Crippen molar-refractivity contribution < 1.29 is 0 Å². The second kappa shape index (κ2) is 5.38. The minimum absolute atomic E-state index is 0.583. The lowest BCUT2D eigenvalue weighted by Crippen LogP contribution is -2.02. The highest BCUT2D eigenvalue weighted by Crippen LogP contribution is 2.26. The molecular formula is C12H14ClN3S. The topological polar surface area (TPSA) is 37.0 Å². The highest BCUT2D eigenvalue weighted by atomic mass is 35.5. The normalized spacial score (nSPS) is 10.3. The summed E-state index contributed by atoms with van der Waals surface area (Å²) in [6.07, 6.45) is 1.80. The molecule has 2 N–H and O–H groups in total. The number of hydrogen-bond donors (Lipinski definition) is 2. The van der Waals surface area contributed by atoms with Gasteiger partial charge in [-0.25, -0.2) is 4.98 Å². The molecule has 0 unspecified atom stereocenters. The largest absolute Gasteiger partial charge is 0.386 e. The number of nitrogens with one attached hydrogen (secondary N) is 2. The van der Waals surface area contributed by atoms with Crippen molar-refractivity contribution in [1.82, 2.24) is 4.98 Å². The van der Waals surface area contributed by atoms with E-state index < -0.39 is 0 Å². The van der Waals surface area contributed by atoms with E-state index in [0.717, 1.165) is 22.8 Å². The molecular weight excluding hydrogens is 254 g/mol. The van der Waals surface area contributed by atoms with Gasteiger partial charge in [-0.15, -0.1) is 11.3 Å². The fourth-order valence-corrected chi connectivity index (χ4v) is 2.61. The summed E-state index contributed by atoms with van der Waals surface area (Å²) in [6, 6.07) is 6.18. The molecule has 1 heterocycles. The van der Waals surface area contributed by atoms with Crippen LogP contribution in [0.1, 0.15) is 10.4 Å². The maximum atomic E-state index is 5.79. The van der Waals surface area contributed by atoms with Crippen LogP contribution >= 0.6 is 22.9 Å². The van der Waals surface area contributed by atoms with Gasteiger partial charge in [0.25, 0.3) is 0 Å². The van der Waals surface area contributed by atoms with Gasteiger partial charge in [-0.05, 0) is 18.6 Å². The molecule has 3 nitrogen and oxygen atoms in total. The van der Waals surface area contributed by atoms with Crippen LogP contribution in [0.25, 0.3) is 0 Å². The molecule has 0 fully saturated rings. The first kappa shape index (κ1) is 12.2. The molecule has 0 bridgehead atoms. The Labute approximate surface area is 110 Å². The van der Waals surface area contributed by atoms with E-state index in [1.807, 2.05) is 13.1 Å². The SMILES string of the molecule is CNc1c(C)cccc1NCc1cnc(Cl)s1. The standard InChI is InChI=1S/C12H14ClN3S/c1-8-4-3-5-10(11(8)14-2)15-6-9-7-16-12(13)17-9/h3-5,7,14-15H,6H2,1-2H3. The summed E-state index contributed by atoms with van der Waals surface area (Å²) in [5.41, 5.74) is 3.44. The third kappa shape index (κ3) is 2.90. The van der Waals surface area contributed by atoms with Crippen LogP contribution in [-0.4, -0.2) is 12.0 Å². The maximum Gasteiger partial charge on any atom is 0.183 e. The van der Waals surface area contributed by atoms with Crippen molar-refractivity contribution in [1.29, 1.82) is 0 Å². The van der Waals surface area contributed by atoms with E-state index >= 15 is 0 Å². The number of aromatic nitrogens is 1. The van der Waals surface area contributed by atoms with Crippen LogP contribution in [0, 0.1) is 6.92 Å². The van der Waals surface area contributed by atoms with Crippen molar-refractivity contribution in [3.05, 3.63) is 39.3 Å². The minimum Gasteiger partial charge on any atom is -0.386 e. The highest BCUT2D eigenvalue weighted by Gasteiger charge is 2.04. The van der Waals surface area contributed by atoms with Crippen molar-refractivity contribution in [3.8, 4) is 0 Å². The van der Waals surface area contributed by atoms with E-state index in [9.17, 15) is 0 Å². The van der Waals surface area contributed by atoms with E-state index in [0.29, 0.717) is 4.47 Å². The van der Waals surface area contributed by atoms with Gasteiger partial charge < -0.3 is 10.6 Å². The third-order valence-electron chi connectivity index (χ3n) is 2.50. The number of benzene rings is 1. The minimum atomic E-state index is 0.583. The highest BCUT2D eigenvalue weighted by molar-refractivity contribution is 7.15. The third-order valence-corrected chi connectivity index (χ3v) is 3.62. The van der Waals surface area contributed by atoms with Gasteiger partial charge in [-0.1, -0.05) is 23.7 Å². The van der Waals surface area contributed by atoms with E-state index in [-0.39, 0.29) is 0 Å². The first-order chi connectivity index (χ1) is 8.20. The Balaban J connectivity index is 2.11. The van der Waals surface area contributed by atoms with E-state index in [4.69, 9.17) is 11.6 Å². The van der Waals surface area contributed by atoms with Crippen molar-refractivity contribution in [2.45, 2.75) is 13.5 Å². The lowest BCUT2D eigenvalue weighted by atomic mass is 10.1. The quantitative estimate of drug-likeness (QED) is 0.886. The molecule has 2 rings (SSSR count). The number of nitrogens with zero attached hydrogens (tertiary/aromatic N) is 1. The zero-order valence-electron chi connectivity index (χ0n) is 9.75. The number of hydrogen-bond acceptors (Lipinski definition) is 4. The summed E-state index contributed by atoms with van der Waals surface area (Å²) in [7, 11) is 1.93. The monoisotopic (exact) mass is 267 g/mol. The van der Waals surface area contributed by atoms with Gasteiger partial charge in [-0.2, -0.15) is 0 Å². The molecule has 0 spiro atoms. The van der Waals surface area contributed by atoms with Crippen LogP contribution in [0.15, 0.2) is 24.4 Å². The molecule has 0 radical (unpaired) electrons. The first-order valence-electron chi connectivity index (χ1n) is 5.32. The van der Waals surface area contributed by atoms with Crippen LogP contribution in [0.4, 0.5) is 11.4 Å². The number of halogens is 1. The smallest absolute Gasteiger partial charge is 0.183 e. The molecule has 17 heavy (non-hydrogen) atoms. The molecule has 0 saturated carbocycles. The predicted molar refractivity (Wildman–Crippen MR) is 75.2 cm³/mol. The number of thiazole rings is 1. The Morgan fingerprint density at radius 3 is 2.88 bits per heavy atom. The molecule has 1 aromatic heterocycles. The molecule has 0 saturated heterocycles. The van der Waals surface area contributed by atoms with Gasteiger partial charge in [-0.3, -0.25) is 0 Å². The van der Waals surface area contributed by atoms with Crippen LogP contribution in [0.3, 0.4) is 0 Å². The van der Waals surface area contributed by atoms with Gasteiger partial charge >= 0.3 is 0 Å². The second-order valence-electron chi connectivity index (χ2n) is 3.68. The van der Waals surface area contributed by atoms with E-state index in [2.05, 4.69) is 34.7 Å². The maximum absolute atomic E-state index is 5.79. The molecule has 0 aliphatic rings. The fraction of sp³-hybridized carbons (Fsp3) is 0.250. The summed E-state index contributed by atoms with van der Waals surface area (Å²) < 4.78 is 0.583. The Kier molecular flexibility index (Phi) is 3.86. The van der Waals surface area contributed by atoms with Gasteiger partial charge in [0, 0.05) is 18.1 Å². The van der Waals surface area contributed by atoms with Crippen molar-refractivity contribution >= 4 is 34.3 Å². The predicted octanol–water partition coefficient (Wildman–Crippen LogP) is 3.76. The first-order valence-corrected chi connectivity index (χ1v) is 6.51. The summed E-state index contributed by atoms with van der Waals surface area (Å²) in [5, 5.41) is 6.59. The van der Waals surface area contributed by atoms with Crippen molar-refractivity contribution in [2.24, 2.45) is 0 Å². The number of anilines is 2. The van der Waals surface area contributed by atoms with Crippen LogP contribution < -0.4 is 10.6 Å². The number of rotatable bonds is 4. The van der Waals surface area contributed by atoms with Gasteiger partial charge in [0.05, 0.1) is 17.9 Å². The van der Waals surface area contributed by atoms with Crippen molar-refractivity contribution in [2.75, 3.05) is 17.7 Å². The number of aryl methyl sites for hydroxylation is 1. The van der Waals surface area contributed by atoms with Crippen LogP contribution in [-0.2, 0) is 6.54 Å². The average Bonchev–Trinajstić information content (AvgIpc) is 2.72. The molecule has 5 heteroatoms. The Bertz CT molecular complexity index is 510. The van der Waals surface area contributed by atoms with Gasteiger partial charge in [0.2, 0.25) is 0 Å². The molecule has 1 aromatic carbocycles. The lowest BCUT2D eigenvalue weighted by Gasteiger charge is -2.13. The Hall–Kier alpha value is -1.26. The second-order valence-corrected chi connectivity index (χ2v) is 5.38. The van der Waals surface area contributed by atoms with Gasteiger partial charge in [0.15, 0.2) is 4.47 Å². The van der Waals surface area contributed by atoms with Crippen LogP contribution in [0.2, 0.25) is 4.47 Å². The van der Waals surface area contributed by atoms with E-state index in [1.165, 1.54) is 16.9 Å². The summed E-state index contributed by atoms with van der Waals surface area (Å²) in [4.78, 5) is 5.14. The molecule has 0 atom stereocenters. The molecule has 0 aliphatic carbocycles. The zero-order chi connectivity index (χ0) is 12.3. The van der Waals surface area contributed by atoms with Gasteiger partial charge in [0.1, 0.15) is 0 Å². The summed E-state index contributed by atoms with van der Waals surface area (Å²) >= 11 is 7.29. The number of para-hydroxylation sites is 1. The Morgan fingerprint density at radius 1 is 1.41 bits per heavy atom. The average molecular weight is 268 g/mol. The molecule has 0 amide bonds. The van der Waals surface area contributed by atoms with Crippen LogP contribution in [0.5, 0.6) is 0 Å². The van der Waals surface area contributed by atoms with E-state index in [1.54, 1.807) is 6.20 Å². The Morgan fingerprint density at radius 2 is 2.24 bits per heavy atom. The lowest BCUT2D eigenvalue weighted by molar-refractivity contribution is 1.17. The summed E-state index contributed by atoms with van der Waals surface area (Å²) in [5.74, 6) is 0. The zero-order valence-corrected chi connectivity index (χ0v) is 11.3. The summed E-state index contributed by atoms with van der Waals surface area (Å²) in [6.45, 7) is 2.82. The van der Waals surface area contributed by atoms with Crippen molar-refractivity contribution in [3.63, 3.8) is 0 Å². The molecule has 90 valence electrons. The molecule has 2 aromatic rings.